The number of carbonyl (C=O) groups is 1. The van der Waals surface area contributed by atoms with Crippen molar-refractivity contribution in [1.29, 1.82) is 0 Å². The van der Waals surface area contributed by atoms with Crippen LogP contribution in [0.4, 0.5) is 4.79 Å². The standard InChI is InChI=1S/C22H28BrNO4/c1-16(17-9-11-18(23)12-10-17)24(14-13-19(25)15-22(2,3)27)21(26)28-20-7-5-4-6-8-20/h4-12,16,19,25,27H,13-15H2,1-3H3. The first-order valence-corrected chi connectivity index (χ1v) is 10.1. The second kappa shape index (κ2) is 10.0. The molecule has 0 saturated heterocycles. The Labute approximate surface area is 175 Å². The third kappa shape index (κ3) is 7.26. The van der Waals surface area contributed by atoms with Crippen LogP contribution < -0.4 is 4.74 Å². The number of ether oxygens (including phenoxy) is 1. The van der Waals surface area contributed by atoms with Gasteiger partial charge in [0.25, 0.3) is 0 Å². The monoisotopic (exact) mass is 449 g/mol. The highest BCUT2D eigenvalue weighted by molar-refractivity contribution is 9.10. The first-order valence-electron chi connectivity index (χ1n) is 9.35. The molecule has 2 aromatic rings. The number of nitrogens with zero attached hydrogens (tertiary/aromatic N) is 1. The van der Waals surface area contributed by atoms with Gasteiger partial charge in [-0.25, -0.2) is 4.79 Å². The summed E-state index contributed by atoms with van der Waals surface area (Å²) in [6.45, 7) is 5.54. The molecule has 0 aliphatic heterocycles. The maximum absolute atomic E-state index is 12.9. The van der Waals surface area contributed by atoms with Crippen molar-refractivity contribution >= 4 is 22.0 Å². The first kappa shape index (κ1) is 22.4. The molecule has 5 nitrogen and oxygen atoms in total. The normalized spacial score (nSPS) is 13.6. The van der Waals surface area contributed by atoms with E-state index in [0.717, 1.165) is 10.0 Å². The molecular weight excluding hydrogens is 422 g/mol. The summed E-state index contributed by atoms with van der Waals surface area (Å²) in [4.78, 5) is 14.5. The maximum atomic E-state index is 12.9. The lowest BCUT2D eigenvalue weighted by atomic mass is 9.98. The highest BCUT2D eigenvalue weighted by Crippen LogP contribution is 2.25. The van der Waals surface area contributed by atoms with Gasteiger partial charge in [0.2, 0.25) is 0 Å². The Balaban J connectivity index is 2.14. The van der Waals surface area contributed by atoms with E-state index in [9.17, 15) is 15.0 Å². The van der Waals surface area contributed by atoms with Crippen LogP contribution in [0, 0.1) is 0 Å². The van der Waals surface area contributed by atoms with Gasteiger partial charge in [-0.2, -0.15) is 0 Å². The molecule has 152 valence electrons. The number of hydrogen-bond acceptors (Lipinski definition) is 4. The molecule has 0 spiro atoms. The van der Waals surface area contributed by atoms with Gasteiger partial charge < -0.3 is 19.8 Å². The maximum Gasteiger partial charge on any atom is 0.415 e. The lowest BCUT2D eigenvalue weighted by molar-refractivity contribution is 0.0121. The molecule has 0 radical (unpaired) electrons. The Morgan fingerprint density at radius 3 is 2.32 bits per heavy atom. The van der Waals surface area contributed by atoms with Crippen molar-refractivity contribution in [3.63, 3.8) is 0 Å². The zero-order chi connectivity index (χ0) is 20.7. The van der Waals surface area contributed by atoms with Crippen LogP contribution in [0.5, 0.6) is 5.75 Å². The van der Waals surface area contributed by atoms with Gasteiger partial charge in [-0.05, 0) is 57.0 Å². The van der Waals surface area contributed by atoms with Gasteiger partial charge >= 0.3 is 6.09 Å². The smallest absolute Gasteiger partial charge is 0.410 e. The summed E-state index contributed by atoms with van der Waals surface area (Å²) in [5.74, 6) is 0.470. The summed E-state index contributed by atoms with van der Waals surface area (Å²) in [7, 11) is 0. The fourth-order valence-corrected chi connectivity index (χ4v) is 3.24. The molecule has 0 saturated carbocycles. The summed E-state index contributed by atoms with van der Waals surface area (Å²) in [5, 5.41) is 20.1. The van der Waals surface area contributed by atoms with E-state index in [1.165, 1.54) is 0 Å². The average Bonchev–Trinajstić information content (AvgIpc) is 2.61. The molecule has 2 unspecified atom stereocenters. The molecule has 2 atom stereocenters. The van der Waals surface area contributed by atoms with Crippen LogP contribution in [-0.4, -0.2) is 39.5 Å². The molecule has 0 heterocycles. The number of halogens is 1. The second-order valence-electron chi connectivity index (χ2n) is 7.56. The van der Waals surface area contributed by atoms with Crippen molar-refractivity contribution in [3.8, 4) is 5.75 Å². The quantitative estimate of drug-likeness (QED) is 0.599. The van der Waals surface area contributed by atoms with Crippen LogP contribution in [0.1, 0.15) is 45.2 Å². The van der Waals surface area contributed by atoms with E-state index >= 15 is 0 Å². The summed E-state index contributed by atoms with van der Waals surface area (Å²) < 4.78 is 6.48. The van der Waals surface area contributed by atoms with Gasteiger partial charge in [0, 0.05) is 17.4 Å². The van der Waals surface area contributed by atoms with Crippen molar-refractivity contribution in [2.75, 3.05) is 6.54 Å². The van der Waals surface area contributed by atoms with E-state index in [4.69, 9.17) is 4.74 Å². The van der Waals surface area contributed by atoms with Crippen LogP contribution >= 0.6 is 15.9 Å². The largest absolute Gasteiger partial charge is 0.415 e. The molecule has 0 bridgehead atoms. The second-order valence-corrected chi connectivity index (χ2v) is 8.48. The predicted molar refractivity (Wildman–Crippen MR) is 113 cm³/mol. The van der Waals surface area contributed by atoms with Crippen molar-refractivity contribution in [2.24, 2.45) is 0 Å². The zero-order valence-electron chi connectivity index (χ0n) is 16.5. The summed E-state index contributed by atoms with van der Waals surface area (Å²) in [6.07, 6.45) is -0.614. The van der Waals surface area contributed by atoms with Gasteiger partial charge in [0.05, 0.1) is 17.7 Å². The fourth-order valence-electron chi connectivity index (χ4n) is 2.98. The number of carbonyl (C=O) groups excluding carboxylic acids is 1. The molecule has 0 aromatic heterocycles. The van der Waals surface area contributed by atoms with Gasteiger partial charge in [-0.1, -0.05) is 46.3 Å². The molecule has 2 N–H and O–H groups in total. The van der Waals surface area contributed by atoms with Gasteiger partial charge in [-0.15, -0.1) is 0 Å². The number of aliphatic hydroxyl groups excluding tert-OH is 1. The van der Waals surface area contributed by atoms with Gasteiger partial charge in [0.1, 0.15) is 5.75 Å². The Bertz CT molecular complexity index is 743. The molecule has 0 fully saturated rings. The molecule has 0 aliphatic carbocycles. The van der Waals surface area contributed by atoms with Crippen molar-refractivity contribution in [2.45, 2.75) is 51.4 Å². The molecule has 2 rings (SSSR count). The third-order valence-corrected chi connectivity index (χ3v) is 4.97. The van der Waals surface area contributed by atoms with Crippen LogP contribution in [0.15, 0.2) is 59.1 Å². The zero-order valence-corrected chi connectivity index (χ0v) is 18.1. The summed E-state index contributed by atoms with van der Waals surface area (Å²) >= 11 is 3.42. The van der Waals surface area contributed by atoms with Gasteiger partial charge in [0.15, 0.2) is 0 Å². The van der Waals surface area contributed by atoms with E-state index in [0.29, 0.717) is 18.7 Å². The molecule has 0 aliphatic rings. The Morgan fingerprint density at radius 1 is 1.14 bits per heavy atom. The Morgan fingerprint density at radius 2 is 1.75 bits per heavy atom. The van der Waals surface area contributed by atoms with Gasteiger partial charge in [-0.3, -0.25) is 0 Å². The Kier molecular flexibility index (Phi) is 8.04. The van der Waals surface area contributed by atoms with Crippen molar-refractivity contribution in [3.05, 3.63) is 64.6 Å². The molecular formula is C22H28BrNO4. The first-order chi connectivity index (χ1) is 13.2. The number of hydrogen-bond donors (Lipinski definition) is 2. The SMILES string of the molecule is CC(c1ccc(Br)cc1)N(CCC(O)CC(C)(C)O)C(=O)Oc1ccccc1. The molecule has 6 heteroatoms. The highest BCUT2D eigenvalue weighted by Gasteiger charge is 2.26. The third-order valence-electron chi connectivity index (χ3n) is 4.44. The minimum atomic E-state index is -0.966. The average molecular weight is 450 g/mol. The van der Waals surface area contributed by atoms with Crippen LogP contribution in [-0.2, 0) is 0 Å². The number of para-hydroxylation sites is 1. The van der Waals surface area contributed by atoms with E-state index in [-0.39, 0.29) is 12.5 Å². The minimum Gasteiger partial charge on any atom is -0.410 e. The molecule has 2 aromatic carbocycles. The topological polar surface area (TPSA) is 70.0 Å². The minimum absolute atomic E-state index is 0.237. The lowest BCUT2D eigenvalue weighted by Crippen LogP contribution is -2.38. The van der Waals surface area contributed by atoms with E-state index < -0.39 is 17.8 Å². The molecule has 1 amide bonds. The Hall–Kier alpha value is -1.89. The van der Waals surface area contributed by atoms with E-state index in [1.54, 1.807) is 43.0 Å². The number of benzene rings is 2. The number of rotatable bonds is 8. The number of amides is 1. The van der Waals surface area contributed by atoms with Crippen LogP contribution in [0.25, 0.3) is 0 Å². The van der Waals surface area contributed by atoms with E-state index in [2.05, 4.69) is 15.9 Å². The predicted octanol–water partition coefficient (Wildman–Crippen LogP) is 4.92. The lowest BCUT2D eigenvalue weighted by Gasteiger charge is -2.30. The number of aliphatic hydroxyl groups is 2. The summed E-state index contributed by atoms with van der Waals surface area (Å²) in [5.41, 5.74) is -0.00302. The fraction of sp³-hybridized carbons (Fsp3) is 0.409. The van der Waals surface area contributed by atoms with E-state index in [1.807, 2.05) is 37.3 Å². The highest BCUT2D eigenvalue weighted by atomic mass is 79.9. The van der Waals surface area contributed by atoms with Crippen LogP contribution in [0.2, 0.25) is 0 Å². The van der Waals surface area contributed by atoms with Crippen molar-refractivity contribution < 1.29 is 19.7 Å². The summed E-state index contributed by atoms with van der Waals surface area (Å²) in [6, 6.07) is 16.4. The van der Waals surface area contributed by atoms with Crippen LogP contribution in [0.3, 0.4) is 0 Å². The van der Waals surface area contributed by atoms with Crippen molar-refractivity contribution in [1.82, 2.24) is 4.90 Å². The molecule has 28 heavy (non-hydrogen) atoms.